The number of esters is 1. The Morgan fingerprint density at radius 3 is 2.72 bits per heavy atom. The van der Waals surface area contributed by atoms with Gasteiger partial charge >= 0.3 is 5.97 Å². The summed E-state index contributed by atoms with van der Waals surface area (Å²) in [5.74, 6) is -0.0134. The van der Waals surface area contributed by atoms with Gasteiger partial charge in [-0.15, -0.1) is 0 Å². The first-order valence-corrected chi connectivity index (χ1v) is 8.48. The number of H-pyrrole nitrogens is 1. The van der Waals surface area contributed by atoms with Crippen LogP contribution in [0.1, 0.15) is 29.8 Å². The summed E-state index contributed by atoms with van der Waals surface area (Å²) in [6.45, 7) is 2.18. The SMILES string of the molecule is CCOC(=O)[C@@H]1Cc2c([nH]c3ccccc23)[C@H](c2ccc(O)cc2)N1. The van der Waals surface area contributed by atoms with Gasteiger partial charge < -0.3 is 14.8 Å². The molecule has 5 nitrogen and oxygen atoms in total. The van der Waals surface area contributed by atoms with Crippen molar-refractivity contribution in [2.24, 2.45) is 0 Å². The second kappa shape index (κ2) is 6.26. The van der Waals surface area contributed by atoms with E-state index in [2.05, 4.69) is 16.4 Å². The molecule has 5 heteroatoms. The molecule has 2 heterocycles. The Morgan fingerprint density at radius 2 is 1.96 bits per heavy atom. The van der Waals surface area contributed by atoms with E-state index < -0.39 is 6.04 Å². The number of hydrogen-bond donors (Lipinski definition) is 3. The molecule has 25 heavy (non-hydrogen) atoms. The zero-order valence-corrected chi connectivity index (χ0v) is 14.0. The first kappa shape index (κ1) is 15.7. The molecule has 0 saturated heterocycles. The van der Waals surface area contributed by atoms with E-state index in [4.69, 9.17) is 4.74 Å². The van der Waals surface area contributed by atoms with E-state index in [0.717, 1.165) is 27.7 Å². The highest BCUT2D eigenvalue weighted by atomic mass is 16.5. The van der Waals surface area contributed by atoms with Crippen molar-refractivity contribution in [2.45, 2.75) is 25.4 Å². The van der Waals surface area contributed by atoms with Crippen LogP contribution >= 0.6 is 0 Å². The summed E-state index contributed by atoms with van der Waals surface area (Å²) < 4.78 is 5.24. The molecule has 128 valence electrons. The fraction of sp³-hybridized carbons (Fsp3) is 0.250. The predicted molar refractivity (Wildman–Crippen MR) is 95.5 cm³/mol. The van der Waals surface area contributed by atoms with Crippen molar-refractivity contribution in [1.29, 1.82) is 0 Å². The standard InChI is InChI=1S/C20H20N2O3/c1-2-25-20(24)17-11-15-14-5-3-4-6-16(14)21-19(15)18(22-17)12-7-9-13(23)10-8-12/h3-10,17-18,21-23H,2,11H2,1H3/t17-,18-/m0/s1. The normalized spacial score (nSPS) is 19.6. The summed E-state index contributed by atoms with van der Waals surface area (Å²) in [7, 11) is 0. The van der Waals surface area contributed by atoms with Crippen LogP contribution in [0.2, 0.25) is 0 Å². The van der Waals surface area contributed by atoms with E-state index in [1.807, 2.05) is 37.3 Å². The van der Waals surface area contributed by atoms with Gasteiger partial charge in [-0.2, -0.15) is 0 Å². The number of carbonyl (C=O) groups is 1. The molecule has 0 amide bonds. The Kier molecular flexibility index (Phi) is 3.93. The number of benzene rings is 2. The highest BCUT2D eigenvalue weighted by Gasteiger charge is 2.34. The molecule has 2 aromatic carbocycles. The monoisotopic (exact) mass is 336 g/mol. The van der Waals surface area contributed by atoms with E-state index in [-0.39, 0.29) is 17.8 Å². The van der Waals surface area contributed by atoms with Gasteiger partial charge in [0.15, 0.2) is 0 Å². The van der Waals surface area contributed by atoms with Crippen molar-refractivity contribution in [1.82, 2.24) is 10.3 Å². The maximum atomic E-state index is 12.4. The van der Waals surface area contributed by atoms with Crippen molar-refractivity contribution in [2.75, 3.05) is 6.61 Å². The van der Waals surface area contributed by atoms with Crippen molar-refractivity contribution >= 4 is 16.9 Å². The fourth-order valence-corrected chi connectivity index (χ4v) is 3.56. The van der Waals surface area contributed by atoms with Gasteiger partial charge in [0.05, 0.1) is 12.6 Å². The molecule has 2 atom stereocenters. The van der Waals surface area contributed by atoms with Gasteiger partial charge in [-0.3, -0.25) is 10.1 Å². The highest BCUT2D eigenvalue weighted by molar-refractivity contribution is 5.87. The molecule has 4 rings (SSSR count). The Bertz CT molecular complexity index is 914. The minimum Gasteiger partial charge on any atom is -0.508 e. The molecule has 1 aliphatic rings. The minimum absolute atomic E-state index is 0.161. The summed E-state index contributed by atoms with van der Waals surface area (Å²) in [6, 6.07) is 14.6. The van der Waals surface area contributed by atoms with Crippen LogP contribution in [0.15, 0.2) is 48.5 Å². The number of aromatic hydroxyl groups is 1. The first-order valence-electron chi connectivity index (χ1n) is 8.48. The van der Waals surface area contributed by atoms with Crippen LogP contribution in [0.3, 0.4) is 0 Å². The van der Waals surface area contributed by atoms with Crippen LogP contribution in [-0.2, 0) is 16.0 Å². The largest absolute Gasteiger partial charge is 0.508 e. The van der Waals surface area contributed by atoms with Crippen LogP contribution in [0.4, 0.5) is 0 Å². The number of hydrogen-bond acceptors (Lipinski definition) is 4. The van der Waals surface area contributed by atoms with Crippen molar-refractivity contribution < 1.29 is 14.6 Å². The zero-order chi connectivity index (χ0) is 17.4. The molecule has 0 bridgehead atoms. The average molecular weight is 336 g/mol. The maximum absolute atomic E-state index is 12.4. The summed E-state index contributed by atoms with van der Waals surface area (Å²) in [5, 5.41) is 14.1. The third-order valence-electron chi connectivity index (χ3n) is 4.71. The van der Waals surface area contributed by atoms with Gasteiger partial charge in [0.25, 0.3) is 0 Å². The molecule has 0 aliphatic carbocycles. The second-order valence-electron chi connectivity index (χ2n) is 6.26. The number of para-hydroxylation sites is 1. The molecule has 0 spiro atoms. The number of aromatic nitrogens is 1. The van der Waals surface area contributed by atoms with Crippen LogP contribution in [-0.4, -0.2) is 28.7 Å². The third-order valence-corrected chi connectivity index (χ3v) is 4.71. The maximum Gasteiger partial charge on any atom is 0.323 e. The number of aromatic amines is 1. The van der Waals surface area contributed by atoms with Gasteiger partial charge in [0, 0.05) is 23.0 Å². The number of phenolic OH excluding ortho intramolecular Hbond substituents is 1. The van der Waals surface area contributed by atoms with Crippen LogP contribution in [0, 0.1) is 0 Å². The van der Waals surface area contributed by atoms with E-state index in [1.165, 1.54) is 0 Å². The second-order valence-corrected chi connectivity index (χ2v) is 6.26. The Morgan fingerprint density at radius 1 is 1.20 bits per heavy atom. The van der Waals surface area contributed by atoms with Gasteiger partial charge in [0.2, 0.25) is 0 Å². The van der Waals surface area contributed by atoms with Crippen molar-refractivity contribution in [3.05, 3.63) is 65.4 Å². The Labute approximate surface area is 145 Å². The molecule has 0 radical (unpaired) electrons. The minimum atomic E-state index is -0.398. The van der Waals surface area contributed by atoms with Gasteiger partial charge in [0.1, 0.15) is 11.8 Å². The predicted octanol–water partition coefficient (Wildman–Crippen LogP) is 3.04. The lowest BCUT2D eigenvalue weighted by atomic mass is 9.90. The Hall–Kier alpha value is -2.79. The van der Waals surface area contributed by atoms with Gasteiger partial charge in [-0.25, -0.2) is 0 Å². The van der Waals surface area contributed by atoms with Crippen molar-refractivity contribution in [3.8, 4) is 5.75 Å². The van der Waals surface area contributed by atoms with Crippen molar-refractivity contribution in [3.63, 3.8) is 0 Å². The molecular formula is C20H20N2O3. The molecular weight excluding hydrogens is 316 g/mol. The van der Waals surface area contributed by atoms with Crippen LogP contribution in [0.25, 0.3) is 10.9 Å². The number of rotatable bonds is 3. The van der Waals surface area contributed by atoms with Gasteiger partial charge in [-0.1, -0.05) is 30.3 Å². The Balaban J connectivity index is 1.82. The average Bonchev–Trinajstić information content (AvgIpc) is 3.00. The molecule has 0 unspecified atom stereocenters. The molecule has 3 aromatic rings. The topological polar surface area (TPSA) is 74.4 Å². The van der Waals surface area contributed by atoms with Crippen LogP contribution in [0.5, 0.6) is 5.75 Å². The van der Waals surface area contributed by atoms with E-state index >= 15 is 0 Å². The number of ether oxygens (including phenoxy) is 1. The summed E-state index contributed by atoms with van der Waals surface area (Å²) in [5.41, 5.74) is 4.25. The number of fused-ring (bicyclic) bond motifs is 3. The quantitative estimate of drug-likeness (QED) is 0.643. The number of nitrogens with one attached hydrogen (secondary N) is 2. The lowest BCUT2D eigenvalue weighted by Crippen LogP contribution is -2.45. The zero-order valence-electron chi connectivity index (χ0n) is 14.0. The van der Waals surface area contributed by atoms with Gasteiger partial charge in [-0.05, 0) is 36.2 Å². The fourth-order valence-electron chi connectivity index (χ4n) is 3.56. The van der Waals surface area contributed by atoms with E-state index in [0.29, 0.717) is 13.0 Å². The highest BCUT2D eigenvalue weighted by Crippen LogP contribution is 2.35. The van der Waals surface area contributed by atoms with Crippen LogP contribution < -0.4 is 5.32 Å². The summed E-state index contributed by atoms with van der Waals surface area (Å²) >= 11 is 0. The molecule has 3 N–H and O–H groups in total. The van der Waals surface area contributed by atoms with E-state index in [9.17, 15) is 9.90 Å². The first-order chi connectivity index (χ1) is 12.2. The molecule has 0 saturated carbocycles. The summed E-state index contributed by atoms with van der Waals surface area (Å²) in [6.07, 6.45) is 0.590. The lowest BCUT2D eigenvalue weighted by Gasteiger charge is -2.30. The third kappa shape index (κ3) is 2.76. The molecule has 1 aromatic heterocycles. The number of phenols is 1. The summed E-state index contributed by atoms with van der Waals surface area (Å²) in [4.78, 5) is 15.9. The lowest BCUT2D eigenvalue weighted by molar-refractivity contribution is -0.146. The smallest absolute Gasteiger partial charge is 0.323 e. The molecule has 0 fully saturated rings. The molecule has 1 aliphatic heterocycles. The number of carbonyl (C=O) groups excluding carboxylic acids is 1. The van der Waals surface area contributed by atoms with E-state index in [1.54, 1.807) is 12.1 Å².